The summed E-state index contributed by atoms with van der Waals surface area (Å²) < 4.78 is 14.1. The van der Waals surface area contributed by atoms with E-state index in [0.29, 0.717) is 17.8 Å². The number of nitrogens with one attached hydrogen (secondary N) is 3. The van der Waals surface area contributed by atoms with E-state index in [9.17, 15) is 9.18 Å². The number of benzene rings is 2. The Balaban J connectivity index is 1.49. The summed E-state index contributed by atoms with van der Waals surface area (Å²) in [4.78, 5) is 16.3. The molecule has 4 rings (SSSR count). The molecule has 0 atom stereocenters. The highest BCUT2D eigenvalue weighted by atomic mass is 19.1. The number of halogens is 1. The molecule has 5 nitrogen and oxygen atoms in total. The molecule has 0 saturated carbocycles. The summed E-state index contributed by atoms with van der Waals surface area (Å²) in [6.45, 7) is 2.68. The fourth-order valence-corrected chi connectivity index (χ4v) is 3.15. The molecule has 28 heavy (non-hydrogen) atoms. The average Bonchev–Trinajstić information content (AvgIpc) is 3.03. The van der Waals surface area contributed by atoms with Crippen LogP contribution in [-0.2, 0) is 11.3 Å². The largest absolute Gasteiger partial charge is 0.381 e. The number of amides is 1. The van der Waals surface area contributed by atoms with Crippen LogP contribution in [0.4, 0.5) is 21.5 Å². The number of carbonyl (C=O) groups excluding carboxylic acids is 1. The molecule has 140 valence electrons. The summed E-state index contributed by atoms with van der Waals surface area (Å²) in [5.74, 6) is -0.742. The summed E-state index contributed by atoms with van der Waals surface area (Å²) in [5.41, 5.74) is 5.04. The number of hydrogen-bond acceptors (Lipinski definition) is 4. The Labute approximate surface area is 162 Å². The molecule has 0 aliphatic carbocycles. The third-order valence-corrected chi connectivity index (χ3v) is 4.59. The third-order valence-electron chi connectivity index (χ3n) is 4.59. The van der Waals surface area contributed by atoms with Crippen LogP contribution in [0.2, 0.25) is 0 Å². The normalized spacial score (nSPS) is 13.9. The topological polar surface area (TPSA) is 66.1 Å². The first-order chi connectivity index (χ1) is 13.6. The molecule has 0 bridgehead atoms. The van der Waals surface area contributed by atoms with Gasteiger partial charge in [-0.25, -0.2) is 4.39 Å². The molecule has 3 N–H and O–H groups in total. The van der Waals surface area contributed by atoms with Gasteiger partial charge in [0.15, 0.2) is 0 Å². The number of pyridine rings is 1. The number of rotatable bonds is 5. The Hall–Kier alpha value is -3.67. The van der Waals surface area contributed by atoms with Crippen LogP contribution in [0.3, 0.4) is 0 Å². The molecule has 0 unspecified atom stereocenters. The van der Waals surface area contributed by atoms with Crippen LogP contribution < -0.4 is 16.0 Å². The van der Waals surface area contributed by atoms with E-state index in [1.165, 1.54) is 6.07 Å². The minimum absolute atomic E-state index is 0.282. The standard InChI is InChI=1S/C22H19FN4O/c1-14-10-16(7-8-19(14)26-12-15-4-3-9-24-11-15)25-13-17-21-18(23)5-2-6-20(21)27-22(17)28/h2-11,13,25-26H,12H2,1H3,(H,27,28). The second-order valence-corrected chi connectivity index (χ2v) is 6.56. The van der Waals surface area contributed by atoms with Crippen molar-refractivity contribution < 1.29 is 9.18 Å². The summed E-state index contributed by atoms with van der Waals surface area (Å²) >= 11 is 0. The molecular formula is C22H19FN4O. The molecule has 1 aliphatic rings. The van der Waals surface area contributed by atoms with Gasteiger partial charge < -0.3 is 16.0 Å². The van der Waals surface area contributed by atoms with Gasteiger partial charge in [-0.05, 0) is 54.4 Å². The predicted molar refractivity (Wildman–Crippen MR) is 109 cm³/mol. The fraction of sp³-hybridized carbons (Fsp3) is 0.0909. The van der Waals surface area contributed by atoms with Gasteiger partial charge in [0.1, 0.15) is 5.82 Å². The minimum atomic E-state index is -0.421. The fourth-order valence-electron chi connectivity index (χ4n) is 3.15. The Morgan fingerprint density at radius 1 is 1.18 bits per heavy atom. The summed E-state index contributed by atoms with van der Waals surface area (Å²) in [7, 11) is 0. The van der Waals surface area contributed by atoms with Crippen molar-refractivity contribution in [3.8, 4) is 0 Å². The molecule has 2 aromatic carbocycles. The molecule has 2 heterocycles. The molecule has 1 amide bonds. The monoisotopic (exact) mass is 374 g/mol. The number of aromatic nitrogens is 1. The lowest BCUT2D eigenvalue weighted by Crippen LogP contribution is -2.05. The lowest BCUT2D eigenvalue weighted by atomic mass is 10.1. The predicted octanol–water partition coefficient (Wildman–Crippen LogP) is 4.55. The van der Waals surface area contributed by atoms with Crippen LogP contribution >= 0.6 is 0 Å². The Bertz CT molecular complexity index is 1060. The van der Waals surface area contributed by atoms with E-state index in [1.807, 2.05) is 43.5 Å². The van der Waals surface area contributed by atoms with Crippen molar-refractivity contribution in [3.63, 3.8) is 0 Å². The number of nitrogens with zero attached hydrogens (tertiary/aromatic N) is 1. The van der Waals surface area contributed by atoms with Crippen molar-refractivity contribution in [2.75, 3.05) is 16.0 Å². The van der Waals surface area contributed by atoms with Gasteiger partial charge in [0.2, 0.25) is 0 Å². The highest BCUT2D eigenvalue weighted by Gasteiger charge is 2.27. The van der Waals surface area contributed by atoms with Gasteiger partial charge in [-0.15, -0.1) is 0 Å². The minimum Gasteiger partial charge on any atom is -0.381 e. The Morgan fingerprint density at radius 3 is 2.86 bits per heavy atom. The maximum atomic E-state index is 14.1. The third kappa shape index (κ3) is 3.57. The van der Waals surface area contributed by atoms with Crippen LogP contribution in [-0.4, -0.2) is 10.9 Å². The molecule has 0 radical (unpaired) electrons. The number of aryl methyl sites for hydroxylation is 1. The first-order valence-electron chi connectivity index (χ1n) is 8.92. The second-order valence-electron chi connectivity index (χ2n) is 6.56. The van der Waals surface area contributed by atoms with Crippen LogP contribution in [0.1, 0.15) is 16.7 Å². The second kappa shape index (κ2) is 7.52. The smallest absolute Gasteiger partial charge is 0.257 e. The van der Waals surface area contributed by atoms with E-state index in [-0.39, 0.29) is 11.5 Å². The molecular weight excluding hydrogens is 355 g/mol. The van der Waals surface area contributed by atoms with Crippen LogP contribution in [0, 0.1) is 12.7 Å². The van der Waals surface area contributed by atoms with Crippen molar-refractivity contribution in [1.82, 2.24) is 4.98 Å². The van der Waals surface area contributed by atoms with Gasteiger partial charge in [0, 0.05) is 42.1 Å². The summed E-state index contributed by atoms with van der Waals surface area (Å²) in [6, 6.07) is 14.4. The van der Waals surface area contributed by atoms with Gasteiger partial charge in [0.05, 0.1) is 11.3 Å². The highest BCUT2D eigenvalue weighted by Crippen LogP contribution is 2.33. The molecule has 3 aromatic rings. The van der Waals surface area contributed by atoms with Gasteiger partial charge in [-0.2, -0.15) is 0 Å². The van der Waals surface area contributed by atoms with E-state index in [1.54, 1.807) is 24.5 Å². The zero-order valence-corrected chi connectivity index (χ0v) is 15.3. The average molecular weight is 374 g/mol. The molecule has 0 saturated heterocycles. The van der Waals surface area contributed by atoms with Crippen molar-refractivity contribution in [3.05, 3.63) is 89.6 Å². The first-order valence-corrected chi connectivity index (χ1v) is 8.92. The molecule has 0 spiro atoms. The van der Waals surface area contributed by atoms with Gasteiger partial charge in [-0.3, -0.25) is 9.78 Å². The maximum Gasteiger partial charge on any atom is 0.257 e. The zero-order valence-electron chi connectivity index (χ0n) is 15.3. The van der Waals surface area contributed by atoms with Crippen LogP contribution in [0.5, 0.6) is 0 Å². The molecule has 1 aromatic heterocycles. The van der Waals surface area contributed by atoms with E-state index >= 15 is 0 Å². The Kier molecular flexibility index (Phi) is 4.76. The summed E-state index contributed by atoms with van der Waals surface area (Å²) in [5, 5.41) is 9.16. The van der Waals surface area contributed by atoms with E-state index in [4.69, 9.17) is 0 Å². The SMILES string of the molecule is Cc1cc(NC=C2C(=O)Nc3cccc(F)c32)ccc1NCc1cccnc1. The quantitative estimate of drug-likeness (QED) is 0.574. The lowest BCUT2D eigenvalue weighted by Gasteiger charge is -2.11. The molecule has 6 heteroatoms. The number of anilines is 3. The van der Waals surface area contributed by atoms with Gasteiger partial charge in [-0.1, -0.05) is 12.1 Å². The molecule has 0 fully saturated rings. The number of carbonyl (C=O) groups is 1. The van der Waals surface area contributed by atoms with Gasteiger partial charge in [0.25, 0.3) is 5.91 Å². The van der Waals surface area contributed by atoms with Crippen molar-refractivity contribution >= 4 is 28.5 Å². The van der Waals surface area contributed by atoms with E-state index in [2.05, 4.69) is 20.9 Å². The number of hydrogen-bond donors (Lipinski definition) is 3. The Morgan fingerprint density at radius 2 is 2.07 bits per heavy atom. The number of fused-ring (bicyclic) bond motifs is 1. The molecule has 1 aliphatic heterocycles. The van der Waals surface area contributed by atoms with E-state index in [0.717, 1.165) is 22.5 Å². The van der Waals surface area contributed by atoms with Crippen molar-refractivity contribution in [1.29, 1.82) is 0 Å². The lowest BCUT2D eigenvalue weighted by molar-refractivity contribution is -0.110. The zero-order chi connectivity index (χ0) is 19.5. The van der Waals surface area contributed by atoms with E-state index < -0.39 is 5.82 Å². The van der Waals surface area contributed by atoms with Crippen molar-refractivity contribution in [2.24, 2.45) is 0 Å². The first kappa shape index (κ1) is 17.7. The summed E-state index contributed by atoms with van der Waals surface area (Å²) in [6.07, 6.45) is 5.12. The van der Waals surface area contributed by atoms with Crippen molar-refractivity contribution in [2.45, 2.75) is 13.5 Å². The van der Waals surface area contributed by atoms with Crippen LogP contribution in [0.15, 0.2) is 67.1 Å². The highest BCUT2D eigenvalue weighted by molar-refractivity contribution is 6.31. The maximum absolute atomic E-state index is 14.1. The van der Waals surface area contributed by atoms with Gasteiger partial charge >= 0.3 is 0 Å². The van der Waals surface area contributed by atoms with Crippen LogP contribution in [0.25, 0.3) is 5.57 Å².